The highest BCUT2D eigenvalue weighted by Gasteiger charge is 2.20. The van der Waals surface area contributed by atoms with Crippen molar-refractivity contribution in [2.75, 3.05) is 19.6 Å². The van der Waals surface area contributed by atoms with Crippen molar-refractivity contribution in [3.8, 4) is 0 Å². The molecule has 0 amide bonds. The lowest BCUT2D eigenvalue weighted by molar-refractivity contribution is 0.167. The highest BCUT2D eigenvalue weighted by Crippen LogP contribution is 2.23. The van der Waals surface area contributed by atoms with Crippen molar-refractivity contribution >= 4 is 0 Å². The van der Waals surface area contributed by atoms with Crippen molar-refractivity contribution in [2.24, 2.45) is 5.73 Å². The number of hydrogen-bond donors (Lipinski definition) is 1. The average molecular weight is 204 g/mol. The number of nitrogens with zero attached hydrogens (tertiary/aromatic N) is 1. The smallest absolute Gasteiger partial charge is 0.0470 e. The molecule has 1 aliphatic rings. The Balaban J connectivity index is 2.09. The van der Waals surface area contributed by atoms with Gasteiger partial charge in [0.1, 0.15) is 0 Å². The molecule has 1 aromatic rings. The summed E-state index contributed by atoms with van der Waals surface area (Å²) in [5, 5.41) is 0. The van der Waals surface area contributed by atoms with E-state index in [1.165, 1.54) is 37.9 Å². The standard InChI is InChI=1S/C13H20N2/c14-11-13(12-7-3-1-4-8-12)15-9-5-2-6-10-15/h1,3-4,7-8,13H,2,5-6,9-11,14H2. The third kappa shape index (κ3) is 2.58. The van der Waals surface area contributed by atoms with Crippen molar-refractivity contribution in [3.63, 3.8) is 0 Å². The van der Waals surface area contributed by atoms with Crippen molar-refractivity contribution in [1.29, 1.82) is 0 Å². The van der Waals surface area contributed by atoms with Crippen LogP contribution < -0.4 is 5.73 Å². The molecule has 2 rings (SSSR count). The zero-order valence-corrected chi connectivity index (χ0v) is 9.23. The van der Waals surface area contributed by atoms with Gasteiger partial charge in [-0.25, -0.2) is 0 Å². The van der Waals surface area contributed by atoms with Gasteiger partial charge < -0.3 is 5.73 Å². The molecule has 82 valence electrons. The van der Waals surface area contributed by atoms with Crippen LogP contribution in [0.15, 0.2) is 30.3 Å². The van der Waals surface area contributed by atoms with Gasteiger partial charge in [-0.1, -0.05) is 36.8 Å². The molecule has 1 saturated heterocycles. The molecule has 0 aliphatic carbocycles. The molecule has 0 spiro atoms. The molecule has 2 N–H and O–H groups in total. The van der Waals surface area contributed by atoms with E-state index in [2.05, 4.69) is 35.2 Å². The monoisotopic (exact) mass is 204 g/mol. The summed E-state index contributed by atoms with van der Waals surface area (Å²) in [5.74, 6) is 0. The van der Waals surface area contributed by atoms with Gasteiger partial charge in [0.05, 0.1) is 0 Å². The van der Waals surface area contributed by atoms with E-state index in [4.69, 9.17) is 5.73 Å². The van der Waals surface area contributed by atoms with Gasteiger partial charge >= 0.3 is 0 Å². The minimum atomic E-state index is 0.423. The van der Waals surface area contributed by atoms with Crippen LogP contribution in [0.2, 0.25) is 0 Å². The maximum atomic E-state index is 5.89. The van der Waals surface area contributed by atoms with Gasteiger partial charge in [0.15, 0.2) is 0 Å². The molecule has 2 heteroatoms. The second-order valence-electron chi connectivity index (χ2n) is 4.26. The molecule has 15 heavy (non-hydrogen) atoms. The van der Waals surface area contributed by atoms with Gasteiger partial charge in [-0.2, -0.15) is 0 Å². The van der Waals surface area contributed by atoms with E-state index in [1.54, 1.807) is 0 Å². The quantitative estimate of drug-likeness (QED) is 0.817. The lowest BCUT2D eigenvalue weighted by Gasteiger charge is -2.34. The van der Waals surface area contributed by atoms with Gasteiger partial charge in [0.2, 0.25) is 0 Å². The number of rotatable bonds is 3. The highest BCUT2D eigenvalue weighted by molar-refractivity contribution is 5.19. The first-order valence-electron chi connectivity index (χ1n) is 5.91. The van der Waals surface area contributed by atoms with Crippen molar-refractivity contribution in [1.82, 2.24) is 4.90 Å². The third-order valence-corrected chi connectivity index (χ3v) is 3.24. The Morgan fingerprint density at radius 2 is 1.73 bits per heavy atom. The minimum absolute atomic E-state index is 0.423. The Morgan fingerprint density at radius 3 is 2.33 bits per heavy atom. The Hall–Kier alpha value is -0.860. The normalized spacial score (nSPS) is 20.1. The van der Waals surface area contributed by atoms with Gasteiger partial charge in [-0.15, -0.1) is 0 Å². The van der Waals surface area contributed by atoms with Crippen LogP contribution in [0.4, 0.5) is 0 Å². The van der Waals surface area contributed by atoms with Crippen LogP contribution in [0.5, 0.6) is 0 Å². The summed E-state index contributed by atoms with van der Waals surface area (Å²) in [6, 6.07) is 11.1. The molecule has 1 heterocycles. The summed E-state index contributed by atoms with van der Waals surface area (Å²) in [7, 11) is 0. The van der Waals surface area contributed by atoms with Crippen LogP contribution in [0, 0.1) is 0 Å². The molecule has 1 fully saturated rings. The zero-order valence-electron chi connectivity index (χ0n) is 9.23. The first-order valence-corrected chi connectivity index (χ1v) is 5.91. The van der Waals surface area contributed by atoms with Crippen LogP contribution >= 0.6 is 0 Å². The number of piperidine rings is 1. The maximum absolute atomic E-state index is 5.89. The van der Waals surface area contributed by atoms with E-state index < -0.39 is 0 Å². The van der Waals surface area contributed by atoms with E-state index in [9.17, 15) is 0 Å². The number of nitrogens with two attached hydrogens (primary N) is 1. The summed E-state index contributed by atoms with van der Waals surface area (Å²) in [6.07, 6.45) is 4.02. The molecule has 1 atom stereocenters. The Bertz CT molecular complexity index is 278. The third-order valence-electron chi connectivity index (χ3n) is 3.24. The summed E-state index contributed by atoms with van der Waals surface area (Å²) >= 11 is 0. The topological polar surface area (TPSA) is 29.3 Å². The van der Waals surface area contributed by atoms with Crippen LogP contribution in [0.1, 0.15) is 30.9 Å². The van der Waals surface area contributed by atoms with Gasteiger partial charge in [0.25, 0.3) is 0 Å². The molecule has 0 radical (unpaired) electrons. The van der Waals surface area contributed by atoms with Crippen molar-refractivity contribution in [2.45, 2.75) is 25.3 Å². The summed E-state index contributed by atoms with van der Waals surface area (Å²) in [6.45, 7) is 3.14. The molecule has 1 aromatic carbocycles. The first-order chi connectivity index (χ1) is 7.42. The van der Waals surface area contributed by atoms with Crippen LogP contribution in [0.3, 0.4) is 0 Å². The molecule has 1 unspecified atom stereocenters. The first kappa shape index (κ1) is 10.7. The van der Waals surface area contributed by atoms with E-state index in [0.29, 0.717) is 6.04 Å². The fourth-order valence-electron chi connectivity index (χ4n) is 2.40. The zero-order chi connectivity index (χ0) is 10.5. The summed E-state index contributed by atoms with van der Waals surface area (Å²) < 4.78 is 0. The average Bonchev–Trinajstić information content (AvgIpc) is 2.33. The number of likely N-dealkylation sites (tertiary alicyclic amines) is 1. The predicted molar refractivity (Wildman–Crippen MR) is 63.7 cm³/mol. The molecule has 1 aliphatic heterocycles. The lowest BCUT2D eigenvalue weighted by Crippen LogP contribution is -2.37. The van der Waals surface area contributed by atoms with Gasteiger partial charge in [-0.05, 0) is 31.5 Å². The predicted octanol–water partition coefficient (Wildman–Crippen LogP) is 2.17. The molecule has 2 nitrogen and oxygen atoms in total. The van der Waals surface area contributed by atoms with Crippen LogP contribution in [-0.4, -0.2) is 24.5 Å². The Morgan fingerprint density at radius 1 is 1.07 bits per heavy atom. The minimum Gasteiger partial charge on any atom is -0.329 e. The highest BCUT2D eigenvalue weighted by atomic mass is 15.2. The SMILES string of the molecule is NCC(c1ccccc1)N1CCCCC1. The maximum Gasteiger partial charge on any atom is 0.0470 e. The van der Waals surface area contributed by atoms with Crippen LogP contribution in [-0.2, 0) is 0 Å². The van der Waals surface area contributed by atoms with Crippen LogP contribution in [0.25, 0.3) is 0 Å². The number of hydrogen-bond acceptors (Lipinski definition) is 2. The number of benzene rings is 1. The second kappa shape index (κ2) is 5.29. The summed E-state index contributed by atoms with van der Waals surface area (Å²) in [4.78, 5) is 2.53. The molecule has 0 saturated carbocycles. The molecule has 0 bridgehead atoms. The lowest BCUT2D eigenvalue weighted by atomic mass is 10.0. The fourth-order valence-corrected chi connectivity index (χ4v) is 2.40. The second-order valence-corrected chi connectivity index (χ2v) is 4.26. The Kier molecular flexibility index (Phi) is 3.75. The fraction of sp³-hybridized carbons (Fsp3) is 0.538. The van der Waals surface area contributed by atoms with Crippen molar-refractivity contribution < 1.29 is 0 Å². The van der Waals surface area contributed by atoms with E-state index in [0.717, 1.165) is 6.54 Å². The Labute approximate surface area is 92.1 Å². The largest absolute Gasteiger partial charge is 0.329 e. The molecule has 0 aromatic heterocycles. The van der Waals surface area contributed by atoms with E-state index >= 15 is 0 Å². The van der Waals surface area contributed by atoms with E-state index in [1.807, 2.05) is 0 Å². The summed E-state index contributed by atoms with van der Waals surface area (Å²) in [5.41, 5.74) is 7.26. The van der Waals surface area contributed by atoms with Gasteiger partial charge in [0, 0.05) is 12.6 Å². The molecular formula is C13H20N2. The van der Waals surface area contributed by atoms with Gasteiger partial charge in [-0.3, -0.25) is 4.90 Å². The van der Waals surface area contributed by atoms with Crippen molar-refractivity contribution in [3.05, 3.63) is 35.9 Å². The molecular weight excluding hydrogens is 184 g/mol. The van der Waals surface area contributed by atoms with E-state index in [-0.39, 0.29) is 0 Å².